The van der Waals surface area contributed by atoms with E-state index in [0.29, 0.717) is 22.8 Å². The first-order chi connectivity index (χ1) is 13.1. The summed E-state index contributed by atoms with van der Waals surface area (Å²) in [5, 5.41) is 9.99. The second-order valence-electron chi connectivity index (χ2n) is 6.45. The van der Waals surface area contributed by atoms with Crippen LogP contribution in [0.3, 0.4) is 0 Å². The van der Waals surface area contributed by atoms with Crippen LogP contribution < -0.4 is 0 Å². The van der Waals surface area contributed by atoms with Gasteiger partial charge in [0.15, 0.2) is 0 Å². The summed E-state index contributed by atoms with van der Waals surface area (Å²) >= 11 is 0. The average molecular weight is 352 g/mol. The zero-order chi connectivity index (χ0) is 19.0. The predicted octanol–water partition coefficient (Wildman–Crippen LogP) is 4.14. The quantitative estimate of drug-likeness (QED) is 0.520. The van der Waals surface area contributed by atoms with E-state index < -0.39 is 0 Å². The Balaban J connectivity index is 1.99. The molecule has 0 amide bonds. The first kappa shape index (κ1) is 16.7. The molecule has 0 radical (unpaired) electrons. The molecular formula is C22H16N4O. The zero-order valence-electron chi connectivity index (χ0n) is 15.0. The van der Waals surface area contributed by atoms with Crippen LogP contribution in [0.2, 0.25) is 0 Å². The van der Waals surface area contributed by atoms with Crippen molar-refractivity contribution in [3.8, 4) is 12.0 Å². The second-order valence-corrected chi connectivity index (χ2v) is 6.45. The lowest BCUT2D eigenvalue weighted by Gasteiger charge is -2.10. The van der Waals surface area contributed by atoms with Crippen molar-refractivity contribution in [3.05, 3.63) is 88.9 Å². The molecule has 0 atom stereocenters. The Morgan fingerprint density at radius 3 is 2.52 bits per heavy atom. The monoisotopic (exact) mass is 352 g/mol. The Bertz CT molecular complexity index is 1220. The summed E-state index contributed by atoms with van der Waals surface area (Å²) in [7, 11) is 0. The molecule has 0 saturated heterocycles. The molecule has 0 saturated carbocycles. The van der Waals surface area contributed by atoms with Gasteiger partial charge in [-0.2, -0.15) is 5.26 Å². The van der Waals surface area contributed by atoms with E-state index in [1.807, 2.05) is 38.1 Å². The van der Waals surface area contributed by atoms with Crippen molar-refractivity contribution in [3.63, 3.8) is 0 Å². The standard InChI is InChI=1S/C22H16N4O/c1-14-4-6-18(15(2)10-14)21(27)20-12-17-11-16(13-23)5-7-19(17)26(20)22-24-8-3-9-25-22/h3-12H,1-2H3. The summed E-state index contributed by atoms with van der Waals surface area (Å²) in [5.74, 6) is 0.319. The maximum atomic E-state index is 13.4. The second kappa shape index (κ2) is 6.50. The van der Waals surface area contributed by atoms with Gasteiger partial charge in [0, 0.05) is 23.3 Å². The van der Waals surface area contributed by atoms with Crippen molar-refractivity contribution in [1.29, 1.82) is 5.26 Å². The minimum atomic E-state index is -0.102. The lowest BCUT2D eigenvalue weighted by molar-refractivity contribution is 0.103. The van der Waals surface area contributed by atoms with E-state index >= 15 is 0 Å². The number of carbonyl (C=O) groups is 1. The summed E-state index contributed by atoms with van der Waals surface area (Å²) in [4.78, 5) is 22.0. The van der Waals surface area contributed by atoms with E-state index in [4.69, 9.17) is 0 Å². The van der Waals surface area contributed by atoms with Crippen molar-refractivity contribution < 1.29 is 4.79 Å². The number of benzene rings is 2. The number of aromatic nitrogens is 3. The molecule has 2 aromatic carbocycles. The smallest absolute Gasteiger partial charge is 0.234 e. The molecule has 0 fully saturated rings. The third kappa shape index (κ3) is 2.87. The van der Waals surface area contributed by atoms with Gasteiger partial charge in [-0.25, -0.2) is 9.97 Å². The molecule has 2 aromatic heterocycles. The van der Waals surface area contributed by atoms with Crippen LogP contribution in [-0.2, 0) is 0 Å². The highest BCUT2D eigenvalue weighted by atomic mass is 16.1. The van der Waals surface area contributed by atoms with Crippen molar-refractivity contribution in [2.24, 2.45) is 0 Å². The van der Waals surface area contributed by atoms with Crippen LogP contribution in [0.4, 0.5) is 0 Å². The van der Waals surface area contributed by atoms with Gasteiger partial charge in [0.25, 0.3) is 0 Å². The van der Waals surface area contributed by atoms with Gasteiger partial charge in [0.05, 0.1) is 22.8 Å². The lowest BCUT2D eigenvalue weighted by Crippen LogP contribution is -2.12. The number of hydrogen-bond donors (Lipinski definition) is 0. The number of nitriles is 1. The SMILES string of the molecule is Cc1ccc(C(=O)c2cc3cc(C#N)ccc3n2-c2ncccn2)c(C)c1. The highest BCUT2D eigenvalue weighted by Crippen LogP contribution is 2.26. The fraction of sp³-hybridized carbons (Fsp3) is 0.0909. The van der Waals surface area contributed by atoms with E-state index in [1.165, 1.54) is 0 Å². The van der Waals surface area contributed by atoms with Crippen LogP contribution in [0.15, 0.2) is 60.9 Å². The topological polar surface area (TPSA) is 71.6 Å². The van der Waals surface area contributed by atoms with Gasteiger partial charge in [-0.05, 0) is 49.7 Å². The van der Waals surface area contributed by atoms with Crippen molar-refractivity contribution >= 4 is 16.7 Å². The van der Waals surface area contributed by atoms with Gasteiger partial charge in [-0.15, -0.1) is 0 Å². The normalized spacial score (nSPS) is 10.7. The lowest BCUT2D eigenvalue weighted by atomic mass is 10.0. The summed E-state index contributed by atoms with van der Waals surface area (Å²) in [6.45, 7) is 3.93. The third-order valence-corrected chi connectivity index (χ3v) is 4.54. The summed E-state index contributed by atoms with van der Waals surface area (Å²) in [5.41, 5.74) is 4.46. The largest absolute Gasteiger partial charge is 0.287 e. The number of carbonyl (C=O) groups excluding carboxylic acids is 1. The molecule has 0 spiro atoms. The number of hydrogen-bond acceptors (Lipinski definition) is 4. The highest BCUT2D eigenvalue weighted by Gasteiger charge is 2.21. The molecule has 0 unspecified atom stereocenters. The number of rotatable bonds is 3. The Labute approximate surface area is 156 Å². The molecule has 0 bridgehead atoms. The van der Waals surface area contributed by atoms with E-state index in [0.717, 1.165) is 22.0 Å². The molecule has 0 aliphatic heterocycles. The van der Waals surface area contributed by atoms with Crippen LogP contribution in [0.25, 0.3) is 16.9 Å². The fourth-order valence-corrected chi connectivity index (χ4v) is 3.28. The zero-order valence-corrected chi connectivity index (χ0v) is 15.0. The van der Waals surface area contributed by atoms with E-state index in [9.17, 15) is 10.1 Å². The maximum Gasteiger partial charge on any atom is 0.234 e. The predicted molar refractivity (Wildman–Crippen MR) is 103 cm³/mol. The minimum Gasteiger partial charge on any atom is -0.287 e. The molecule has 2 heterocycles. The molecule has 5 nitrogen and oxygen atoms in total. The van der Waals surface area contributed by atoms with Crippen LogP contribution in [0.1, 0.15) is 32.7 Å². The summed E-state index contributed by atoms with van der Waals surface area (Å²) in [6.07, 6.45) is 3.28. The Hall–Kier alpha value is -3.78. The van der Waals surface area contributed by atoms with Crippen LogP contribution in [-0.4, -0.2) is 20.3 Å². The number of aryl methyl sites for hydroxylation is 2. The maximum absolute atomic E-state index is 13.4. The molecule has 4 aromatic rings. The van der Waals surface area contributed by atoms with Crippen molar-refractivity contribution in [1.82, 2.24) is 14.5 Å². The fourth-order valence-electron chi connectivity index (χ4n) is 3.28. The number of fused-ring (bicyclic) bond motifs is 1. The van der Waals surface area contributed by atoms with E-state index in [2.05, 4.69) is 16.0 Å². The Morgan fingerprint density at radius 1 is 1.04 bits per heavy atom. The molecule has 5 heteroatoms. The van der Waals surface area contributed by atoms with E-state index in [1.54, 1.807) is 41.2 Å². The Morgan fingerprint density at radius 2 is 1.81 bits per heavy atom. The summed E-state index contributed by atoms with van der Waals surface area (Å²) in [6, 6.07) is 16.8. The molecule has 27 heavy (non-hydrogen) atoms. The minimum absolute atomic E-state index is 0.102. The molecule has 0 aliphatic carbocycles. The molecule has 0 N–H and O–H groups in total. The van der Waals surface area contributed by atoms with Crippen molar-refractivity contribution in [2.75, 3.05) is 0 Å². The van der Waals surface area contributed by atoms with Gasteiger partial charge in [0.1, 0.15) is 0 Å². The van der Waals surface area contributed by atoms with Crippen LogP contribution in [0, 0.1) is 25.2 Å². The van der Waals surface area contributed by atoms with Crippen LogP contribution >= 0.6 is 0 Å². The average Bonchev–Trinajstić information content (AvgIpc) is 3.06. The number of ketones is 1. The van der Waals surface area contributed by atoms with Gasteiger partial charge in [-0.3, -0.25) is 9.36 Å². The van der Waals surface area contributed by atoms with Crippen molar-refractivity contribution in [2.45, 2.75) is 13.8 Å². The van der Waals surface area contributed by atoms with Gasteiger partial charge in [-0.1, -0.05) is 23.8 Å². The first-order valence-electron chi connectivity index (χ1n) is 8.53. The molecular weight excluding hydrogens is 336 g/mol. The van der Waals surface area contributed by atoms with Gasteiger partial charge < -0.3 is 0 Å². The first-order valence-corrected chi connectivity index (χ1v) is 8.53. The number of nitrogens with zero attached hydrogens (tertiary/aromatic N) is 4. The molecule has 0 aliphatic rings. The molecule has 130 valence electrons. The van der Waals surface area contributed by atoms with Crippen LogP contribution in [0.5, 0.6) is 0 Å². The highest BCUT2D eigenvalue weighted by molar-refractivity contribution is 6.11. The molecule has 4 rings (SSSR count). The summed E-state index contributed by atoms with van der Waals surface area (Å²) < 4.78 is 1.75. The van der Waals surface area contributed by atoms with Gasteiger partial charge in [0.2, 0.25) is 11.7 Å². The van der Waals surface area contributed by atoms with Gasteiger partial charge >= 0.3 is 0 Å². The van der Waals surface area contributed by atoms with E-state index in [-0.39, 0.29) is 5.78 Å². The third-order valence-electron chi connectivity index (χ3n) is 4.54. The Kier molecular flexibility index (Phi) is 4.02.